The van der Waals surface area contributed by atoms with Gasteiger partial charge >= 0.3 is 0 Å². The predicted octanol–water partition coefficient (Wildman–Crippen LogP) is 7.31. The summed E-state index contributed by atoms with van der Waals surface area (Å²) in [7, 11) is 4.21. The highest BCUT2D eigenvalue weighted by Crippen LogP contribution is 2.27. The fraction of sp³-hybridized carbons (Fsp3) is 0.306. The van der Waals surface area contributed by atoms with Crippen LogP contribution in [0.1, 0.15) is 44.1 Å². The van der Waals surface area contributed by atoms with Gasteiger partial charge in [-0.3, -0.25) is 4.79 Å². The summed E-state index contributed by atoms with van der Waals surface area (Å²) < 4.78 is 1.83. The van der Waals surface area contributed by atoms with Crippen molar-refractivity contribution in [2.75, 3.05) is 32.1 Å². The largest absolute Gasteiger partial charge is 0.371 e. The fourth-order valence-corrected chi connectivity index (χ4v) is 5.40. The summed E-state index contributed by atoms with van der Waals surface area (Å²) in [6.07, 6.45) is 7.20. The van der Waals surface area contributed by atoms with Gasteiger partial charge in [-0.15, -0.1) is 5.10 Å². The number of anilines is 1. The standard InChI is InChI=1S/C36H41N5O/c1-39(28-29-18-10-7-11-19-29)24-16-5-3-4-6-17-25-40(2)34-26-32-33(27-35(34)42)41(31-22-14-9-15-23-31)38-36(37-32)30-20-12-8-13-21-30/h7-15,18-23,26-27H,3-6,16-17,24-25,28H2,1-2H3. The van der Waals surface area contributed by atoms with Crippen molar-refractivity contribution in [3.63, 3.8) is 0 Å². The molecule has 0 aromatic heterocycles. The van der Waals surface area contributed by atoms with E-state index in [1.165, 1.54) is 37.7 Å². The lowest BCUT2D eigenvalue weighted by molar-refractivity contribution is 0.316. The van der Waals surface area contributed by atoms with Crippen LogP contribution in [0.25, 0.3) is 28.5 Å². The number of rotatable bonds is 14. The van der Waals surface area contributed by atoms with E-state index in [2.05, 4.69) is 47.2 Å². The highest BCUT2D eigenvalue weighted by atomic mass is 16.1. The number of hydrogen-bond acceptors (Lipinski definition) is 5. The maximum atomic E-state index is 13.3. The van der Waals surface area contributed by atoms with E-state index in [4.69, 9.17) is 10.1 Å². The molecule has 216 valence electrons. The molecule has 42 heavy (non-hydrogen) atoms. The third-order valence-corrected chi connectivity index (χ3v) is 7.73. The highest BCUT2D eigenvalue weighted by Gasteiger charge is 2.19. The molecule has 0 atom stereocenters. The van der Waals surface area contributed by atoms with Gasteiger partial charge in [0.15, 0.2) is 5.82 Å². The Labute approximate surface area is 249 Å². The van der Waals surface area contributed by atoms with Crippen LogP contribution in [-0.4, -0.2) is 46.8 Å². The molecule has 3 aromatic rings. The molecule has 2 aliphatic rings. The SMILES string of the molecule is CN(CCCCCCCCN(C)c1cc2nc(-c3ccccc3)nn(-c3ccccc3)c-2cc1=O)Cc1ccccc1. The van der Waals surface area contributed by atoms with Crippen LogP contribution in [0.2, 0.25) is 0 Å². The lowest BCUT2D eigenvalue weighted by Gasteiger charge is -2.21. The maximum Gasteiger partial charge on any atom is 0.204 e. The Hall–Kier alpha value is -4.29. The van der Waals surface area contributed by atoms with Crippen molar-refractivity contribution in [2.45, 2.75) is 45.1 Å². The Morgan fingerprint density at radius 2 is 1.29 bits per heavy atom. The smallest absolute Gasteiger partial charge is 0.204 e. The van der Waals surface area contributed by atoms with E-state index in [9.17, 15) is 4.79 Å². The Kier molecular flexibility index (Phi) is 10.1. The van der Waals surface area contributed by atoms with Crippen molar-refractivity contribution in [3.8, 4) is 28.5 Å². The lowest BCUT2D eigenvalue weighted by atomic mass is 10.1. The number of nitrogens with zero attached hydrogens (tertiary/aromatic N) is 5. The number of fused-ring (bicyclic) bond motifs is 1. The van der Waals surface area contributed by atoms with Crippen LogP contribution in [0.15, 0.2) is 108 Å². The first-order valence-corrected chi connectivity index (χ1v) is 15.1. The summed E-state index contributed by atoms with van der Waals surface area (Å²) in [5, 5.41) is 4.83. The average molecular weight is 560 g/mol. The zero-order valence-corrected chi connectivity index (χ0v) is 24.8. The van der Waals surface area contributed by atoms with E-state index in [1.54, 1.807) is 6.07 Å². The Morgan fingerprint density at radius 1 is 0.690 bits per heavy atom. The molecule has 6 heteroatoms. The molecule has 0 amide bonds. The molecule has 0 unspecified atom stereocenters. The number of unbranched alkanes of at least 4 members (excludes halogenated alkanes) is 5. The van der Waals surface area contributed by atoms with Gasteiger partial charge in [0.1, 0.15) is 0 Å². The van der Waals surface area contributed by atoms with Gasteiger partial charge in [0.05, 0.1) is 22.8 Å². The van der Waals surface area contributed by atoms with Gasteiger partial charge in [0.25, 0.3) is 0 Å². The molecule has 0 bridgehead atoms. The van der Waals surface area contributed by atoms with E-state index in [-0.39, 0.29) is 5.43 Å². The quantitative estimate of drug-likeness (QED) is 0.134. The molecule has 0 fully saturated rings. The van der Waals surface area contributed by atoms with Crippen molar-refractivity contribution >= 4 is 5.69 Å². The van der Waals surface area contributed by atoms with Crippen LogP contribution in [0.3, 0.4) is 0 Å². The average Bonchev–Trinajstić information content (AvgIpc) is 3.02. The van der Waals surface area contributed by atoms with Gasteiger partial charge in [0.2, 0.25) is 5.43 Å². The minimum absolute atomic E-state index is 0.00892. The third kappa shape index (κ3) is 7.71. The zero-order chi connectivity index (χ0) is 29.1. The Balaban J connectivity index is 1.17. The number of aromatic nitrogens is 3. The molecule has 5 rings (SSSR count). The minimum Gasteiger partial charge on any atom is -0.371 e. The Bertz CT molecular complexity index is 1550. The molecule has 0 spiro atoms. The van der Waals surface area contributed by atoms with E-state index >= 15 is 0 Å². The molecule has 1 aliphatic carbocycles. The summed E-state index contributed by atoms with van der Waals surface area (Å²) in [6, 6.07) is 34.2. The first-order chi connectivity index (χ1) is 20.6. The zero-order valence-electron chi connectivity index (χ0n) is 24.8. The van der Waals surface area contributed by atoms with Gasteiger partial charge in [-0.1, -0.05) is 105 Å². The second-order valence-electron chi connectivity index (χ2n) is 11.1. The molecule has 1 heterocycles. The number of benzene rings is 4. The van der Waals surface area contributed by atoms with Crippen molar-refractivity contribution in [1.82, 2.24) is 19.7 Å². The van der Waals surface area contributed by atoms with Crippen LogP contribution in [0.5, 0.6) is 0 Å². The molecule has 6 nitrogen and oxygen atoms in total. The molecule has 0 radical (unpaired) electrons. The summed E-state index contributed by atoms with van der Waals surface area (Å²) in [5.74, 6) is 0.630. The second-order valence-corrected chi connectivity index (χ2v) is 11.1. The first kappa shape index (κ1) is 29.2. The summed E-state index contributed by atoms with van der Waals surface area (Å²) >= 11 is 0. The van der Waals surface area contributed by atoms with Gasteiger partial charge in [-0.2, -0.15) is 0 Å². The monoisotopic (exact) mass is 559 g/mol. The van der Waals surface area contributed by atoms with Crippen molar-refractivity contribution < 1.29 is 0 Å². The van der Waals surface area contributed by atoms with Gasteiger partial charge in [0, 0.05) is 31.8 Å². The van der Waals surface area contributed by atoms with Gasteiger partial charge in [-0.05, 0) is 50.2 Å². The second kappa shape index (κ2) is 14.6. The van der Waals surface area contributed by atoms with Crippen LogP contribution in [0, 0.1) is 0 Å². The molecular formula is C36H41N5O. The highest BCUT2D eigenvalue weighted by molar-refractivity contribution is 5.69. The maximum absolute atomic E-state index is 13.3. The molecular weight excluding hydrogens is 518 g/mol. The Morgan fingerprint density at radius 3 is 1.98 bits per heavy atom. The lowest BCUT2D eigenvalue weighted by Crippen LogP contribution is -2.25. The molecule has 3 aromatic carbocycles. The predicted molar refractivity (Wildman–Crippen MR) is 173 cm³/mol. The van der Waals surface area contributed by atoms with E-state index in [0.29, 0.717) is 17.2 Å². The van der Waals surface area contributed by atoms with Crippen molar-refractivity contribution in [3.05, 3.63) is 119 Å². The van der Waals surface area contributed by atoms with Crippen LogP contribution in [0.4, 0.5) is 5.69 Å². The fourth-order valence-electron chi connectivity index (χ4n) is 5.40. The molecule has 0 N–H and O–H groups in total. The minimum atomic E-state index is -0.00892. The van der Waals surface area contributed by atoms with Gasteiger partial charge in [-0.25, -0.2) is 9.67 Å². The first-order valence-electron chi connectivity index (χ1n) is 15.1. The van der Waals surface area contributed by atoms with Crippen LogP contribution >= 0.6 is 0 Å². The molecule has 0 saturated heterocycles. The number of hydrogen-bond donors (Lipinski definition) is 0. The van der Waals surface area contributed by atoms with E-state index < -0.39 is 0 Å². The third-order valence-electron chi connectivity index (χ3n) is 7.73. The van der Waals surface area contributed by atoms with E-state index in [0.717, 1.165) is 43.0 Å². The topological polar surface area (TPSA) is 54.3 Å². The summed E-state index contributed by atoms with van der Waals surface area (Å²) in [6.45, 7) is 2.98. The summed E-state index contributed by atoms with van der Waals surface area (Å²) in [4.78, 5) is 22.7. The molecule has 1 aliphatic heterocycles. The van der Waals surface area contributed by atoms with Crippen molar-refractivity contribution in [2.24, 2.45) is 0 Å². The van der Waals surface area contributed by atoms with E-state index in [1.807, 2.05) is 78.5 Å². The normalized spacial score (nSPS) is 11.3. The molecule has 0 saturated carbocycles. The van der Waals surface area contributed by atoms with Crippen LogP contribution < -0.4 is 10.3 Å². The van der Waals surface area contributed by atoms with Crippen molar-refractivity contribution in [1.29, 1.82) is 0 Å². The van der Waals surface area contributed by atoms with Gasteiger partial charge < -0.3 is 9.80 Å². The van der Waals surface area contributed by atoms with Crippen LogP contribution in [-0.2, 0) is 6.54 Å². The summed E-state index contributed by atoms with van der Waals surface area (Å²) in [5.41, 5.74) is 5.34. The number of para-hydroxylation sites is 1.